The number of amides is 2. The number of benzene rings is 2. The van der Waals surface area contributed by atoms with Crippen LogP contribution in [0, 0.1) is 11.6 Å². The Kier molecular flexibility index (Phi) is 7.48. The smallest absolute Gasteiger partial charge is 0.243 e. The summed E-state index contributed by atoms with van der Waals surface area (Å²) in [7, 11) is 0. The Labute approximate surface area is 170 Å². The molecule has 2 rings (SSSR count). The number of nitrogens with zero attached hydrogens (tertiary/aromatic N) is 1. The Hall–Kier alpha value is -2.76. The summed E-state index contributed by atoms with van der Waals surface area (Å²) in [5, 5.41) is 2.91. The Morgan fingerprint density at radius 1 is 1.03 bits per heavy atom. The van der Waals surface area contributed by atoms with Crippen LogP contribution in [0.1, 0.15) is 45.2 Å². The molecule has 0 spiro atoms. The zero-order valence-corrected chi connectivity index (χ0v) is 17.3. The van der Waals surface area contributed by atoms with E-state index in [4.69, 9.17) is 0 Å². The fraction of sp³-hybridized carbons (Fsp3) is 0.391. The van der Waals surface area contributed by atoms with Gasteiger partial charge in [0.05, 0.1) is 6.42 Å². The van der Waals surface area contributed by atoms with Gasteiger partial charge in [-0.15, -0.1) is 0 Å². The van der Waals surface area contributed by atoms with Crippen molar-refractivity contribution in [2.75, 3.05) is 0 Å². The summed E-state index contributed by atoms with van der Waals surface area (Å²) in [6.45, 7) is 7.54. The molecular formula is C23H28F2N2O2. The summed E-state index contributed by atoms with van der Waals surface area (Å²) in [6, 6.07) is 11.1. The summed E-state index contributed by atoms with van der Waals surface area (Å²) in [4.78, 5) is 27.4. The Balaban J connectivity index is 2.32. The largest absolute Gasteiger partial charge is 0.350 e. The van der Waals surface area contributed by atoms with Gasteiger partial charge in [0.15, 0.2) is 0 Å². The average Bonchev–Trinajstić information content (AvgIpc) is 2.63. The maximum atomic E-state index is 14.1. The van der Waals surface area contributed by atoms with Gasteiger partial charge in [-0.3, -0.25) is 9.59 Å². The molecule has 2 amide bonds. The van der Waals surface area contributed by atoms with Crippen molar-refractivity contribution in [3.8, 4) is 0 Å². The lowest BCUT2D eigenvalue weighted by molar-refractivity contribution is -0.141. The monoisotopic (exact) mass is 402 g/mol. The van der Waals surface area contributed by atoms with Crippen LogP contribution in [-0.2, 0) is 22.6 Å². The van der Waals surface area contributed by atoms with Crippen LogP contribution in [0.2, 0.25) is 0 Å². The van der Waals surface area contributed by atoms with Gasteiger partial charge >= 0.3 is 0 Å². The zero-order chi connectivity index (χ0) is 21.6. The molecule has 1 N–H and O–H groups in total. The zero-order valence-electron chi connectivity index (χ0n) is 17.3. The van der Waals surface area contributed by atoms with Crippen LogP contribution in [0.3, 0.4) is 0 Å². The number of rotatable bonds is 7. The molecule has 29 heavy (non-hydrogen) atoms. The van der Waals surface area contributed by atoms with Crippen LogP contribution in [0.5, 0.6) is 0 Å². The van der Waals surface area contributed by atoms with E-state index in [2.05, 4.69) is 5.32 Å². The molecule has 0 aliphatic heterocycles. The van der Waals surface area contributed by atoms with Crippen molar-refractivity contribution in [1.82, 2.24) is 10.2 Å². The van der Waals surface area contributed by atoms with Crippen molar-refractivity contribution in [3.63, 3.8) is 0 Å². The predicted molar refractivity (Wildman–Crippen MR) is 109 cm³/mol. The van der Waals surface area contributed by atoms with Gasteiger partial charge in [0, 0.05) is 12.1 Å². The first kappa shape index (κ1) is 22.5. The second-order valence-electron chi connectivity index (χ2n) is 8.08. The molecule has 0 heterocycles. The Morgan fingerprint density at radius 3 is 2.21 bits per heavy atom. The van der Waals surface area contributed by atoms with E-state index in [1.807, 2.05) is 27.7 Å². The molecule has 0 saturated carbocycles. The minimum Gasteiger partial charge on any atom is -0.350 e. The third kappa shape index (κ3) is 6.66. The summed E-state index contributed by atoms with van der Waals surface area (Å²) in [5.74, 6) is -1.48. The number of carbonyl (C=O) groups excluding carboxylic acids is 2. The van der Waals surface area contributed by atoms with Gasteiger partial charge in [0.1, 0.15) is 17.7 Å². The first-order valence-corrected chi connectivity index (χ1v) is 9.70. The number of hydrogen-bond acceptors (Lipinski definition) is 2. The van der Waals surface area contributed by atoms with E-state index in [9.17, 15) is 18.4 Å². The highest BCUT2D eigenvalue weighted by Crippen LogP contribution is 2.17. The van der Waals surface area contributed by atoms with Gasteiger partial charge in [-0.25, -0.2) is 8.78 Å². The number of hydrogen-bond donors (Lipinski definition) is 1. The topological polar surface area (TPSA) is 49.4 Å². The van der Waals surface area contributed by atoms with Crippen molar-refractivity contribution in [1.29, 1.82) is 0 Å². The molecule has 0 aromatic heterocycles. The third-order valence-electron chi connectivity index (χ3n) is 4.45. The van der Waals surface area contributed by atoms with Crippen molar-refractivity contribution < 1.29 is 18.4 Å². The first-order chi connectivity index (χ1) is 13.6. The van der Waals surface area contributed by atoms with E-state index in [1.165, 1.54) is 23.1 Å². The number of halogens is 2. The van der Waals surface area contributed by atoms with Crippen LogP contribution in [0.15, 0.2) is 48.5 Å². The highest BCUT2D eigenvalue weighted by atomic mass is 19.1. The van der Waals surface area contributed by atoms with Gasteiger partial charge in [-0.1, -0.05) is 37.3 Å². The van der Waals surface area contributed by atoms with E-state index in [0.717, 1.165) is 0 Å². The van der Waals surface area contributed by atoms with Crippen LogP contribution in [0.4, 0.5) is 8.78 Å². The molecule has 0 fully saturated rings. The highest BCUT2D eigenvalue weighted by molar-refractivity contribution is 5.88. The lowest BCUT2D eigenvalue weighted by Crippen LogP contribution is -2.53. The molecule has 0 radical (unpaired) electrons. The molecular weight excluding hydrogens is 374 g/mol. The van der Waals surface area contributed by atoms with Crippen molar-refractivity contribution in [3.05, 3.63) is 71.3 Å². The molecule has 1 atom stereocenters. The molecule has 2 aromatic carbocycles. The lowest BCUT2D eigenvalue weighted by atomic mass is 10.0. The summed E-state index contributed by atoms with van der Waals surface area (Å²) in [5.41, 5.74) is 0.503. The standard InChI is InChI=1S/C23H28F2N2O2/c1-5-20(22(29)26-23(2,3)4)27(15-16-10-12-18(24)13-11-16)21(28)14-17-8-6-7-9-19(17)25/h6-13,20H,5,14-15H2,1-4H3,(H,26,29)/t20-/m0/s1. The lowest BCUT2D eigenvalue weighted by Gasteiger charge is -2.33. The molecule has 0 unspecified atom stereocenters. The first-order valence-electron chi connectivity index (χ1n) is 9.70. The van der Waals surface area contributed by atoms with Crippen molar-refractivity contribution >= 4 is 11.8 Å². The van der Waals surface area contributed by atoms with Gasteiger partial charge < -0.3 is 10.2 Å². The maximum Gasteiger partial charge on any atom is 0.243 e. The number of nitrogens with one attached hydrogen (secondary N) is 1. The Bertz CT molecular complexity index is 845. The summed E-state index contributed by atoms with van der Waals surface area (Å²) in [6.07, 6.45) is 0.235. The quantitative estimate of drug-likeness (QED) is 0.754. The minimum atomic E-state index is -0.724. The average molecular weight is 402 g/mol. The van der Waals surface area contributed by atoms with E-state index < -0.39 is 17.4 Å². The summed E-state index contributed by atoms with van der Waals surface area (Å²) < 4.78 is 27.3. The van der Waals surface area contributed by atoms with Crippen LogP contribution in [0.25, 0.3) is 0 Å². The fourth-order valence-electron chi connectivity index (χ4n) is 3.07. The second-order valence-corrected chi connectivity index (χ2v) is 8.08. The Morgan fingerprint density at radius 2 is 1.66 bits per heavy atom. The van der Waals surface area contributed by atoms with Gasteiger partial charge in [-0.2, -0.15) is 0 Å². The van der Waals surface area contributed by atoms with E-state index in [-0.39, 0.29) is 36.2 Å². The predicted octanol–water partition coefficient (Wildman–Crippen LogP) is 4.23. The normalized spacial score (nSPS) is 12.3. The van der Waals surface area contributed by atoms with Gasteiger partial charge in [0.25, 0.3) is 0 Å². The van der Waals surface area contributed by atoms with Crippen molar-refractivity contribution in [2.45, 2.75) is 58.7 Å². The molecule has 6 heteroatoms. The SMILES string of the molecule is CC[C@@H](C(=O)NC(C)(C)C)N(Cc1ccc(F)cc1)C(=O)Cc1ccccc1F. The second kappa shape index (κ2) is 9.63. The van der Waals surface area contributed by atoms with Crippen molar-refractivity contribution in [2.24, 2.45) is 0 Å². The minimum absolute atomic E-state index is 0.129. The van der Waals surface area contributed by atoms with E-state index in [1.54, 1.807) is 30.3 Å². The van der Waals surface area contributed by atoms with Gasteiger partial charge in [-0.05, 0) is 56.5 Å². The van der Waals surface area contributed by atoms with Crippen LogP contribution < -0.4 is 5.32 Å². The summed E-state index contributed by atoms with van der Waals surface area (Å²) >= 11 is 0. The molecule has 4 nitrogen and oxygen atoms in total. The molecule has 2 aromatic rings. The maximum absolute atomic E-state index is 14.1. The third-order valence-corrected chi connectivity index (χ3v) is 4.45. The molecule has 0 aliphatic carbocycles. The van der Waals surface area contributed by atoms with Crippen LogP contribution >= 0.6 is 0 Å². The van der Waals surface area contributed by atoms with Crippen LogP contribution in [-0.4, -0.2) is 28.3 Å². The van der Waals surface area contributed by atoms with E-state index in [0.29, 0.717) is 12.0 Å². The van der Waals surface area contributed by atoms with Gasteiger partial charge in [0.2, 0.25) is 11.8 Å². The molecule has 0 aliphatic rings. The van der Waals surface area contributed by atoms with E-state index >= 15 is 0 Å². The molecule has 0 saturated heterocycles. The number of carbonyl (C=O) groups is 2. The highest BCUT2D eigenvalue weighted by Gasteiger charge is 2.30. The molecule has 156 valence electrons. The fourth-order valence-corrected chi connectivity index (χ4v) is 3.07. The molecule has 0 bridgehead atoms.